The lowest BCUT2D eigenvalue weighted by molar-refractivity contribution is -0.113. The molecule has 3 aromatic carbocycles. The van der Waals surface area contributed by atoms with Gasteiger partial charge < -0.3 is 15.4 Å². The highest BCUT2D eigenvalue weighted by atomic mass is 35.5. The van der Waals surface area contributed by atoms with Crippen molar-refractivity contribution in [2.75, 3.05) is 17.7 Å². The number of fused-ring (bicyclic) bond motifs is 3. The molecule has 166 valence electrons. The summed E-state index contributed by atoms with van der Waals surface area (Å²) >= 11 is 6.50. The van der Waals surface area contributed by atoms with Crippen LogP contribution in [0.2, 0.25) is 5.02 Å². The highest BCUT2D eigenvalue weighted by molar-refractivity contribution is 6.31. The number of allylic oxidation sites excluding steroid dienone is 1. The Morgan fingerprint density at radius 1 is 1.12 bits per heavy atom. The Morgan fingerprint density at radius 3 is 2.67 bits per heavy atom. The highest BCUT2D eigenvalue weighted by Crippen LogP contribution is 2.42. The van der Waals surface area contributed by atoms with E-state index in [4.69, 9.17) is 16.3 Å². The van der Waals surface area contributed by atoms with E-state index in [0.717, 1.165) is 11.0 Å². The molecule has 0 spiro atoms. The molecule has 0 aliphatic carbocycles. The Kier molecular flexibility index (Phi) is 5.26. The van der Waals surface area contributed by atoms with E-state index >= 15 is 4.39 Å². The van der Waals surface area contributed by atoms with Crippen molar-refractivity contribution in [1.29, 1.82) is 0 Å². The zero-order valence-corrected chi connectivity index (χ0v) is 18.7. The molecule has 0 saturated carbocycles. The molecule has 1 aliphatic rings. The Labute approximate surface area is 194 Å². The smallest absolute Gasteiger partial charge is 0.255 e. The fourth-order valence-electron chi connectivity index (χ4n) is 4.24. The predicted molar refractivity (Wildman–Crippen MR) is 127 cm³/mol. The quantitative estimate of drug-likeness (QED) is 0.404. The first kappa shape index (κ1) is 21.0. The molecule has 33 heavy (non-hydrogen) atoms. The van der Waals surface area contributed by atoms with Crippen LogP contribution in [0.3, 0.4) is 0 Å². The lowest BCUT2D eigenvalue weighted by Crippen LogP contribution is -2.31. The number of para-hydroxylation sites is 4. The number of anilines is 2. The van der Waals surface area contributed by atoms with Gasteiger partial charge in [-0.1, -0.05) is 41.9 Å². The van der Waals surface area contributed by atoms with Crippen LogP contribution in [0.1, 0.15) is 18.5 Å². The number of carbonyl (C=O) groups excluding carboxylic acids is 1. The van der Waals surface area contributed by atoms with Crippen molar-refractivity contribution in [3.8, 4) is 5.75 Å². The molecule has 4 aromatic rings. The van der Waals surface area contributed by atoms with E-state index in [1.807, 2.05) is 34.9 Å². The fraction of sp³-hybridized carbons (Fsp3) is 0.120. The summed E-state index contributed by atoms with van der Waals surface area (Å²) < 4.78 is 22.4. The zero-order chi connectivity index (χ0) is 23.1. The van der Waals surface area contributed by atoms with Crippen molar-refractivity contribution in [2.45, 2.75) is 13.0 Å². The minimum atomic E-state index is -0.836. The number of aromatic nitrogens is 2. The number of benzene rings is 3. The second-order valence-electron chi connectivity index (χ2n) is 7.65. The van der Waals surface area contributed by atoms with Crippen LogP contribution in [0.25, 0.3) is 11.0 Å². The molecule has 2 heterocycles. The number of rotatable bonds is 4. The van der Waals surface area contributed by atoms with Gasteiger partial charge in [-0.15, -0.1) is 0 Å². The van der Waals surface area contributed by atoms with Crippen molar-refractivity contribution in [3.05, 3.63) is 94.4 Å². The van der Waals surface area contributed by atoms with Gasteiger partial charge in [0.25, 0.3) is 5.91 Å². The van der Waals surface area contributed by atoms with Crippen LogP contribution in [0.5, 0.6) is 5.75 Å². The maximum absolute atomic E-state index is 15.2. The van der Waals surface area contributed by atoms with E-state index in [-0.39, 0.29) is 10.6 Å². The number of hydrogen-bond donors (Lipinski definition) is 2. The van der Waals surface area contributed by atoms with Gasteiger partial charge in [0.05, 0.1) is 35.4 Å². The van der Waals surface area contributed by atoms with Crippen LogP contribution < -0.4 is 15.4 Å². The third kappa shape index (κ3) is 3.50. The average Bonchev–Trinajstić information content (AvgIpc) is 3.17. The summed E-state index contributed by atoms with van der Waals surface area (Å²) in [6.07, 6.45) is 0. The second kappa shape index (κ2) is 8.26. The number of nitrogens with one attached hydrogen (secondary N) is 2. The average molecular weight is 463 g/mol. The Balaban J connectivity index is 1.71. The number of amides is 1. The summed E-state index contributed by atoms with van der Waals surface area (Å²) in [4.78, 5) is 18.3. The lowest BCUT2D eigenvalue weighted by Gasteiger charge is -2.31. The number of nitrogens with zero attached hydrogens (tertiary/aromatic N) is 2. The van der Waals surface area contributed by atoms with Crippen LogP contribution in [-0.4, -0.2) is 22.6 Å². The lowest BCUT2D eigenvalue weighted by atomic mass is 9.93. The molecule has 1 aromatic heterocycles. The van der Waals surface area contributed by atoms with Crippen molar-refractivity contribution in [1.82, 2.24) is 9.55 Å². The monoisotopic (exact) mass is 462 g/mol. The number of hydrogen-bond acceptors (Lipinski definition) is 4. The van der Waals surface area contributed by atoms with Gasteiger partial charge in [-0.2, -0.15) is 0 Å². The van der Waals surface area contributed by atoms with Gasteiger partial charge >= 0.3 is 0 Å². The molecule has 0 unspecified atom stereocenters. The van der Waals surface area contributed by atoms with Crippen LogP contribution >= 0.6 is 11.6 Å². The summed E-state index contributed by atoms with van der Waals surface area (Å²) in [5, 5.41) is 6.34. The van der Waals surface area contributed by atoms with Crippen LogP contribution in [0, 0.1) is 5.82 Å². The third-order valence-electron chi connectivity index (χ3n) is 5.70. The van der Waals surface area contributed by atoms with Gasteiger partial charge in [-0.25, -0.2) is 9.37 Å². The summed E-state index contributed by atoms with van der Waals surface area (Å²) in [6, 6.07) is 18.3. The number of ether oxygens (including phenoxy) is 1. The zero-order valence-electron chi connectivity index (χ0n) is 17.9. The first-order chi connectivity index (χ1) is 16.0. The van der Waals surface area contributed by atoms with Gasteiger partial charge in [0, 0.05) is 16.3 Å². The van der Waals surface area contributed by atoms with Gasteiger partial charge in [-0.05, 0) is 43.3 Å². The number of imidazole rings is 1. The summed E-state index contributed by atoms with van der Waals surface area (Å²) in [5.74, 6) is 0.111. The minimum Gasteiger partial charge on any atom is -0.495 e. The molecule has 6 nitrogen and oxygen atoms in total. The fourth-order valence-corrected chi connectivity index (χ4v) is 4.51. The maximum Gasteiger partial charge on any atom is 0.255 e. The number of carbonyl (C=O) groups is 1. The molecule has 0 radical (unpaired) electrons. The van der Waals surface area contributed by atoms with Gasteiger partial charge in [0.1, 0.15) is 11.6 Å². The Bertz CT molecular complexity index is 1410. The maximum atomic E-state index is 15.2. The van der Waals surface area contributed by atoms with E-state index in [2.05, 4.69) is 15.6 Å². The molecule has 8 heteroatoms. The first-order valence-corrected chi connectivity index (χ1v) is 10.7. The van der Waals surface area contributed by atoms with Crippen LogP contribution in [0.4, 0.5) is 16.0 Å². The summed E-state index contributed by atoms with van der Waals surface area (Å²) in [5.41, 5.74) is 3.05. The number of methoxy groups -OCH3 is 1. The van der Waals surface area contributed by atoms with Crippen LogP contribution in [0.15, 0.2) is 78.0 Å². The topological polar surface area (TPSA) is 68.2 Å². The third-order valence-corrected chi connectivity index (χ3v) is 6.03. The first-order valence-electron chi connectivity index (χ1n) is 10.3. The van der Waals surface area contributed by atoms with Crippen molar-refractivity contribution in [3.63, 3.8) is 0 Å². The molecule has 1 atom stereocenters. The van der Waals surface area contributed by atoms with E-state index in [1.165, 1.54) is 13.2 Å². The Morgan fingerprint density at radius 2 is 1.88 bits per heavy atom. The van der Waals surface area contributed by atoms with Crippen molar-refractivity contribution < 1.29 is 13.9 Å². The van der Waals surface area contributed by atoms with Crippen LogP contribution in [-0.2, 0) is 4.79 Å². The normalized spacial score (nSPS) is 15.2. The van der Waals surface area contributed by atoms with Gasteiger partial charge in [0.2, 0.25) is 5.95 Å². The standard InChI is InChI=1S/C25H20ClFN4O2/c1-14-21(24(32)29-18-11-4-6-13-20(18)33-2)23(22-15(26)8-7-9-16(22)27)31-19-12-5-3-10-17(19)30-25(31)28-14/h3-13,23H,1-2H3,(H,28,30)(H,29,32)/t23-/m1/s1. The van der Waals surface area contributed by atoms with E-state index in [1.54, 1.807) is 37.3 Å². The molecular weight excluding hydrogens is 443 g/mol. The molecule has 1 aliphatic heterocycles. The molecule has 1 amide bonds. The van der Waals surface area contributed by atoms with E-state index in [9.17, 15) is 4.79 Å². The molecule has 0 fully saturated rings. The second-order valence-corrected chi connectivity index (χ2v) is 8.06. The number of halogens is 2. The van der Waals surface area contributed by atoms with E-state index in [0.29, 0.717) is 28.7 Å². The summed E-state index contributed by atoms with van der Waals surface area (Å²) in [7, 11) is 1.53. The predicted octanol–water partition coefficient (Wildman–Crippen LogP) is 5.77. The van der Waals surface area contributed by atoms with Crippen molar-refractivity contribution >= 4 is 40.2 Å². The largest absolute Gasteiger partial charge is 0.495 e. The molecule has 2 N–H and O–H groups in total. The molecule has 0 bridgehead atoms. The molecule has 5 rings (SSSR count). The van der Waals surface area contributed by atoms with Gasteiger partial charge in [-0.3, -0.25) is 9.36 Å². The van der Waals surface area contributed by atoms with E-state index < -0.39 is 17.8 Å². The van der Waals surface area contributed by atoms with Crippen molar-refractivity contribution in [2.24, 2.45) is 0 Å². The summed E-state index contributed by atoms with van der Waals surface area (Å²) in [6.45, 7) is 1.77. The minimum absolute atomic E-state index is 0.203. The Hall–Kier alpha value is -3.84. The highest BCUT2D eigenvalue weighted by Gasteiger charge is 2.37. The van der Waals surface area contributed by atoms with Gasteiger partial charge in [0.15, 0.2) is 0 Å². The SMILES string of the molecule is COc1ccccc1NC(=O)C1=C(C)Nc2nc3ccccc3n2[C@H]1c1c(F)cccc1Cl. The molecule has 0 saturated heterocycles. The molecular formula is C25H20ClFN4O2.